The second-order valence-electron chi connectivity index (χ2n) is 5.59. The first kappa shape index (κ1) is 12.6. The summed E-state index contributed by atoms with van der Waals surface area (Å²) < 4.78 is 0. The molecule has 0 heterocycles. The van der Waals surface area contributed by atoms with Gasteiger partial charge in [0.1, 0.15) is 0 Å². The Labute approximate surface area is 94.9 Å². The summed E-state index contributed by atoms with van der Waals surface area (Å²) in [4.78, 5) is 0. The molecule has 0 aliphatic heterocycles. The highest BCUT2D eigenvalue weighted by Crippen LogP contribution is 2.39. The van der Waals surface area contributed by atoms with Gasteiger partial charge in [0.2, 0.25) is 0 Å². The van der Waals surface area contributed by atoms with Gasteiger partial charge in [0.25, 0.3) is 0 Å². The van der Waals surface area contributed by atoms with Crippen molar-refractivity contribution in [3.63, 3.8) is 0 Å². The van der Waals surface area contributed by atoms with Gasteiger partial charge in [-0.2, -0.15) is 5.26 Å². The van der Waals surface area contributed by atoms with E-state index in [4.69, 9.17) is 0 Å². The van der Waals surface area contributed by atoms with Gasteiger partial charge in [-0.05, 0) is 25.2 Å². The molecule has 1 nitrogen and oxygen atoms in total. The summed E-state index contributed by atoms with van der Waals surface area (Å²) in [5.41, 5.74) is 0.0470. The molecule has 0 bridgehead atoms. The summed E-state index contributed by atoms with van der Waals surface area (Å²) in [6, 6.07) is 2.63. The lowest BCUT2D eigenvalue weighted by atomic mass is 9.77. The minimum absolute atomic E-state index is 0.0470. The van der Waals surface area contributed by atoms with Crippen molar-refractivity contribution in [1.29, 1.82) is 5.26 Å². The fourth-order valence-electron chi connectivity index (χ4n) is 2.67. The van der Waals surface area contributed by atoms with E-state index >= 15 is 0 Å². The summed E-state index contributed by atoms with van der Waals surface area (Å²) in [5.74, 6) is 0.784. The van der Waals surface area contributed by atoms with Crippen molar-refractivity contribution in [1.82, 2.24) is 0 Å². The number of nitrogens with zero attached hydrogens (tertiary/aromatic N) is 1. The summed E-state index contributed by atoms with van der Waals surface area (Å²) in [6.45, 7) is 4.54. The molecule has 1 fully saturated rings. The van der Waals surface area contributed by atoms with E-state index < -0.39 is 0 Å². The fourth-order valence-corrected chi connectivity index (χ4v) is 2.67. The van der Waals surface area contributed by atoms with Crippen LogP contribution in [0.3, 0.4) is 0 Å². The normalized spacial score (nSPS) is 20.9. The minimum Gasteiger partial charge on any atom is -0.198 e. The van der Waals surface area contributed by atoms with Gasteiger partial charge < -0.3 is 0 Å². The van der Waals surface area contributed by atoms with Crippen LogP contribution in [0.1, 0.15) is 71.6 Å². The van der Waals surface area contributed by atoms with Crippen LogP contribution in [-0.4, -0.2) is 0 Å². The molecule has 1 heteroatoms. The minimum atomic E-state index is 0.0470. The zero-order valence-electron chi connectivity index (χ0n) is 10.4. The first-order valence-electron chi connectivity index (χ1n) is 6.60. The average Bonchev–Trinajstić information content (AvgIpc) is 2.44. The molecule has 0 aromatic rings. The molecule has 0 aromatic heterocycles. The second-order valence-corrected chi connectivity index (χ2v) is 5.59. The molecule has 0 unspecified atom stereocenters. The van der Waals surface area contributed by atoms with Crippen molar-refractivity contribution in [2.75, 3.05) is 0 Å². The Morgan fingerprint density at radius 1 is 1.13 bits per heavy atom. The van der Waals surface area contributed by atoms with Gasteiger partial charge in [-0.25, -0.2) is 0 Å². The number of nitriles is 1. The predicted molar refractivity (Wildman–Crippen MR) is 64.4 cm³/mol. The van der Waals surface area contributed by atoms with Crippen LogP contribution in [0, 0.1) is 22.7 Å². The van der Waals surface area contributed by atoms with Gasteiger partial charge in [-0.15, -0.1) is 0 Å². The number of hydrogen-bond acceptors (Lipinski definition) is 1. The Kier molecular flexibility index (Phi) is 5.15. The fraction of sp³-hybridized carbons (Fsp3) is 0.929. The topological polar surface area (TPSA) is 23.8 Å². The molecule has 86 valence electrons. The van der Waals surface area contributed by atoms with Crippen LogP contribution in [-0.2, 0) is 0 Å². The van der Waals surface area contributed by atoms with Gasteiger partial charge in [-0.3, -0.25) is 0 Å². The molecule has 1 aliphatic rings. The molecule has 15 heavy (non-hydrogen) atoms. The first-order chi connectivity index (χ1) is 7.18. The van der Waals surface area contributed by atoms with Crippen LogP contribution >= 0.6 is 0 Å². The Morgan fingerprint density at radius 2 is 1.73 bits per heavy atom. The molecule has 0 aromatic carbocycles. The summed E-state index contributed by atoms with van der Waals surface area (Å²) in [7, 11) is 0. The zero-order chi connectivity index (χ0) is 11.1. The van der Waals surface area contributed by atoms with E-state index in [1.165, 1.54) is 38.5 Å². The van der Waals surface area contributed by atoms with E-state index in [0.29, 0.717) is 0 Å². The van der Waals surface area contributed by atoms with Gasteiger partial charge in [0, 0.05) is 0 Å². The van der Waals surface area contributed by atoms with Crippen molar-refractivity contribution >= 4 is 0 Å². The van der Waals surface area contributed by atoms with E-state index in [9.17, 15) is 5.26 Å². The molecule has 0 radical (unpaired) electrons. The number of hydrogen-bond donors (Lipinski definition) is 0. The maximum absolute atomic E-state index is 9.38. The molecular weight excluding hydrogens is 182 g/mol. The highest BCUT2D eigenvalue weighted by atomic mass is 14.4. The van der Waals surface area contributed by atoms with Crippen LogP contribution in [0.15, 0.2) is 0 Å². The highest BCUT2D eigenvalue weighted by Gasteiger charge is 2.30. The highest BCUT2D eigenvalue weighted by molar-refractivity contribution is 4.99. The summed E-state index contributed by atoms with van der Waals surface area (Å²) >= 11 is 0. The largest absolute Gasteiger partial charge is 0.198 e. The second kappa shape index (κ2) is 6.16. The summed E-state index contributed by atoms with van der Waals surface area (Å²) in [5, 5.41) is 9.38. The van der Waals surface area contributed by atoms with Gasteiger partial charge in [0.15, 0.2) is 0 Å². The molecule has 0 atom stereocenters. The van der Waals surface area contributed by atoms with E-state index in [1.54, 1.807) is 0 Å². The molecule has 1 rings (SSSR count). The molecule has 0 amide bonds. The first-order valence-corrected chi connectivity index (χ1v) is 6.60. The van der Waals surface area contributed by atoms with Gasteiger partial charge >= 0.3 is 0 Å². The van der Waals surface area contributed by atoms with Crippen molar-refractivity contribution in [3.8, 4) is 6.07 Å². The molecule has 1 saturated carbocycles. The molecule has 0 N–H and O–H groups in total. The van der Waals surface area contributed by atoms with Crippen molar-refractivity contribution < 1.29 is 0 Å². The monoisotopic (exact) mass is 207 g/mol. The van der Waals surface area contributed by atoms with Crippen molar-refractivity contribution in [2.24, 2.45) is 11.3 Å². The molecular formula is C14H25N. The van der Waals surface area contributed by atoms with E-state index in [2.05, 4.69) is 19.9 Å². The Morgan fingerprint density at radius 3 is 2.20 bits per heavy atom. The lowest BCUT2D eigenvalue weighted by molar-refractivity contribution is 0.296. The molecule has 1 aliphatic carbocycles. The maximum atomic E-state index is 9.38. The summed E-state index contributed by atoms with van der Waals surface area (Å²) in [6.07, 6.45) is 11.2. The van der Waals surface area contributed by atoms with Crippen LogP contribution in [0.2, 0.25) is 0 Å². The predicted octanol–water partition coefficient (Wildman–Crippen LogP) is 4.68. The number of rotatable bonds is 4. The van der Waals surface area contributed by atoms with Gasteiger partial charge in [0.05, 0.1) is 11.5 Å². The van der Waals surface area contributed by atoms with E-state index in [0.717, 1.165) is 25.2 Å². The van der Waals surface area contributed by atoms with Crippen LogP contribution in [0.5, 0.6) is 0 Å². The van der Waals surface area contributed by atoms with E-state index in [1.807, 2.05) is 0 Å². The van der Waals surface area contributed by atoms with Crippen molar-refractivity contribution in [3.05, 3.63) is 0 Å². The third-order valence-electron chi connectivity index (χ3n) is 3.73. The van der Waals surface area contributed by atoms with Crippen LogP contribution in [0.25, 0.3) is 0 Å². The lowest BCUT2D eigenvalue weighted by Gasteiger charge is -2.25. The quantitative estimate of drug-likeness (QED) is 0.614. The average molecular weight is 207 g/mol. The Hall–Kier alpha value is -0.510. The van der Waals surface area contributed by atoms with Crippen LogP contribution in [0.4, 0.5) is 0 Å². The Bertz CT molecular complexity index is 204. The third kappa shape index (κ3) is 4.24. The SMILES string of the molecule is CC(C)CCCC1(C#N)CCCCCC1. The lowest BCUT2D eigenvalue weighted by Crippen LogP contribution is -2.17. The van der Waals surface area contributed by atoms with Gasteiger partial charge in [-0.1, -0.05) is 52.4 Å². The van der Waals surface area contributed by atoms with E-state index in [-0.39, 0.29) is 5.41 Å². The Balaban J connectivity index is 2.41. The molecule has 0 saturated heterocycles. The zero-order valence-corrected chi connectivity index (χ0v) is 10.4. The van der Waals surface area contributed by atoms with Crippen LogP contribution < -0.4 is 0 Å². The third-order valence-corrected chi connectivity index (χ3v) is 3.73. The standard InChI is InChI=1S/C14H25N/c1-13(2)8-7-11-14(12-15)9-5-3-4-6-10-14/h13H,3-11H2,1-2H3. The molecule has 0 spiro atoms. The maximum Gasteiger partial charge on any atom is 0.0689 e. The van der Waals surface area contributed by atoms with Crippen molar-refractivity contribution in [2.45, 2.75) is 71.6 Å². The smallest absolute Gasteiger partial charge is 0.0689 e.